The lowest BCUT2D eigenvalue weighted by atomic mass is 9.81. The number of amides is 9. The summed E-state index contributed by atoms with van der Waals surface area (Å²) in [6.45, 7) is 37.1. The molecule has 11 N–H and O–H groups in total. The number of nitrogens with one attached hydrogen (secondary N) is 3. The van der Waals surface area contributed by atoms with E-state index in [9.17, 15) is 87.9 Å². The number of hydrogen-bond acceptors (Lipinski definition) is 24. The molecule has 9 rings (SSSR count). The number of carboxylic acid groups (broad SMARTS) is 1. The van der Waals surface area contributed by atoms with Crippen LogP contribution >= 0.6 is 0 Å². The SMILES string of the molecule is CCC[C@H](C(=O)OC(C)(C)C)[C@@H](CC(C)C)C(=O)N1C[C@@H](OCc2ccccc2)CC1C(=O)NS(C)(=O)=O.CCC[C@H](C(=O)OC(C)(C)C)[C@@H](CC(C)C)C(=O)N1C[C@@H](OCc2ccccc2)C[C@H]1C(=O)O.CCC[C@H](C(N)=O)[C@@H](CC(C)C)C(=O)N1C[C@@H](OCc2ccccc2)CC1C(=O)NCCc1ccccc1.CCC[C@H](C(N)=O)[C@@H](CC(C)C)C(=O)N1C[C@@H](OCc2ccccc2)CC1C(=O)NS(C)(=O)=O.CS([NH3+])(=O)=O. The van der Waals surface area contributed by atoms with Gasteiger partial charge in [-0.1, -0.05) is 260 Å². The van der Waals surface area contributed by atoms with Gasteiger partial charge in [-0.05, 0) is 151 Å². The number of esters is 2. The number of rotatable bonds is 49. The highest BCUT2D eigenvalue weighted by Gasteiger charge is 2.51. The third-order valence-corrected chi connectivity index (χ3v) is 26.6. The Morgan fingerprint density at radius 3 is 0.805 bits per heavy atom. The normalized spacial score (nSPS) is 19.4. The molecule has 0 aliphatic carbocycles. The first kappa shape index (κ1) is 129. The average molecular weight is 2140 g/mol. The van der Waals surface area contributed by atoms with Crippen molar-refractivity contribution in [2.45, 2.75) is 320 Å². The van der Waals surface area contributed by atoms with Gasteiger partial charge in [0.05, 0.1) is 93.3 Å². The van der Waals surface area contributed by atoms with Gasteiger partial charge in [-0.3, -0.25) is 67.3 Å². The van der Waals surface area contributed by atoms with Crippen LogP contribution in [0, 0.1) is 71.0 Å². The van der Waals surface area contributed by atoms with Crippen molar-refractivity contribution in [3.8, 4) is 0 Å². The molecule has 0 aromatic heterocycles. The molecule has 38 heteroatoms. The van der Waals surface area contributed by atoms with Crippen molar-refractivity contribution in [2.75, 3.05) is 51.5 Å². The fourth-order valence-electron chi connectivity index (χ4n) is 19.1. The first-order valence-electron chi connectivity index (χ1n) is 52.2. The number of benzene rings is 5. The Balaban J connectivity index is 0.000000344. The molecule has 832 valence electrons. The van der Waals surface area contributed by atoms with Crippen molar-refractivity contribution < 1.29 is 121 Å². The van der Waals surface area contributed by atoms with E-state index in [0.29, 0.717) is 117 Å². The second kappa shape index (κ2) is 62.4. The quantitative estimate of drug-likeness (QED) is 0.0178. The molecule has 4 aliphatic rings. The van der Waals surface area contributed by atoms with Crippen LogP contribution in [0.3, 0.4) is 0 Å². The molecule has 4 aliphatic heterocycles. The summed E-state index contributed by atoms with van der Waals surface area (Å²) >= 11 is 0. The first-order valence-corrected chi connectivity index (χ1v) is 58.1. The number of hydrogen-bond donors (Lipinski definition) is 7. The van der Waals surface area contributed by atoms with E-state index in [0.717, 1.165) is 59.4 Å². The van der Waals surface area contributed by atoms with E-state index in [1.165, 1.54) is 14.7 Å². The summed E-state index contributed by atoms with van der Waals surface area (Å²) in [6.07, 6.45) is 9.59. The minimum atomic E-state index is -3.83. The summed E-state index contributed by atoms with van der Waals surface area (Å²) in [6, 6.07) is 44.8. The average Bonchev–Trinajstić information content (AvgIpc) is 1.66. The zero-order valence-electron chi connectivity index (χ0n) is 91.5. The number of primary amides is 2. The van der Waals surface area contributed by atoms with Gasteiger partial charge in [-0.2, -0.15) is 8.42 Å². The molecule has 4 fully saturated rings. The summed E-state index contributed by atoms with van der Waals surface area (Å²) < 4.78 is 106. The maximum Gasteiger partial charge on any atom is 0.326 e. The van der Waals surface area contributed by atoms with E-state index in [2.05, 4.69) is 10.5 Å². The van der Waals surface area contributed by atoms with E-state index < -0.39 is 167 Å². The molecule has 0 spiro atoms. The molecule has 149 heavy (non-hydrogen) atoms. The number of likely N-dealkylation sites (tertiary alicyclic amines) is 4. The van der Waals surface area contributed by atoms with Crippen LogP contribution in [0.4, 0.5) is 0 Å². The lowest BCUT2D eigenvalue weighted by Crippen LogP contribution is -2.55. The van der Waals surface area contributed by atoms with Crippen LogP contribution in [-0.4, -0.2) is 232 Å². The highest BCUT2D eigenvalue weighted by molar-refractivity contribution is 7.89. The van der Waals surface area contributed by atoms with Gasteiger partial charge in [0.25, 0.3) is 21.8 Å². The molecule has 4 saturated heterocycles. The molecule has 5 aromatic carbocycles. The lowest BCUT2D eigenvalue weighted by Gasteiger charge is -2.33. The van der Waals surface area contributed by atoms with Crippen molar-refractivity contribution in [3.05, 3.63) is 179 Å². The number of sulfonamides is 3. The van der Waals surface area contributed by atoms with Crippen LogP contribution in [0.25, 0.3) is 0 Å². The van der Waals surface area contributed by atoms with Crippen LogP contribution in [0.1, 0.15) is 255 Å². The lowest BCUT2D eigenvalue weighted by molar-refractivity contribution is -0.167. The second-order valence-corrected chi connectivity index (χ2v) is 48.7. The molecular formula is C111H171N10O25S3+. The van der Waals surface area contributed by atoms with Gasteiger partial charge in [0.15, 0.2) is 0 Å². The molecule has 35 nitrogen and oxygen atoms in total. The largest absolute Gasteiger partial charge is 0.480 e. The van der Waals surface area contributed by atoms with Crippen LogP contribution in [0.5, 0.6) is 0 Å². The first-order chi connectivity index (χ1) is 69.8. The van der Waals surface area contributed by atoms with Crippen LogP contribution in [-0.2, 0) is 149 Å². The Kier molecular flexibility index (Phi) is 54.0. The number of quaternary nitrogens is 1. The molecule has 5 aromatic rings. The predicted octanol–water partition coefficient (Wildman–Crippen LogP) is 12.4. The van der Waals surface area contributed by atoms with E-state index in [4.69, 9.17) is 39.9 Å². The standard InChI is InChI=1S/C31H43N3O4.C28H44N2O7S.C27H41NO6.C24H37N3O6S.CH5NO2S/c1-4-11-26(29(32)35)27(18-22(2)3)31(37)34-20-25(38-21-24-14-9-6-10-15-24)19-28(34)30(36)33-17-16-23-12-7-5-8-13-23;1-8-12-22(27(33)37-28(4,5)6)23(15-19(2)3)26(32)30-17-21(36-18-20-13-10-9-11-14-20)16-24(30)25(31)29-38(7,34)35;1-7-11-21(26(32)34-27(4,5)6)22(14-18(2)3)24(29)28-16-20(15-23(28)25(30)31)33-17-19-12-9-8-10-13-19;1-5-9-19(22(25)28)20(12-16(2)3)24(30)27-14-18(33-15-17-10-7-6-8-11-17)13-21(27)23(29)26-34(4,31)32;1-5(2,3)4/h5-10,12-15,22,25-28H,4,11,16-21H2,1-3H3,(H2,32,35)(H,33,36);9-11,13-14,19,21-24H,8,12,15-18H2,1-7H3,(H,29,31);8-10,12-13,18,20-23H,7,11,14-17H2,1-6H3,(H,30,31);6-8,10-11,16,18-21H,5,9,12-15H2,1-4H3,(H2,25,28)(H,26,29);1H3,(H2,2,3,4)/p+1/t25-,26-,27+,28?;21-,22-,23+,24?;20-,21-,22+,23-;18-,19-,20+,21?;/m0000./s1. The number of nitrogens with two attached hydrogens (primary N) is 2. The topological polar surface area (TPSA) is 512 Å². The van der Waals surface area contributed by atoms with Crippen LogP contribution in [0.15, 0.2) is 152 Å². The van der Waals surface area contributed by atoms with Gasteiger partial charge >= 0.3 is 17.9 Å². The number of ether oxygens (including phenoxy) is 6. The van der Waals surface area contributed by atoms with E-state index in [-0.39, 0.29) is 104 Å². The highest BCUT2D eigenvalue weighted by atomic mass is 32.2. The summed E-state index contributed by atoms with van der Waals surface area (Å²) in [5.41, 5.74) is 15.1. The molecule has 0 saturated carbocycles. The minimum Gasteiger partial charge on any atom is -0.480 e. The van der Waals surface area contributed by atoms with Crippen LogP contribution < -0.4 is 31.4 Å². The molecule has 0 radical (unpaired) electrons. The third kappa shape index (κ3) is 47.0. The second-order valence-electron chi connectivity index (χ2n) is 43.3. The number of carbonyl (C=O) groups is 12. The Hall–Kier alpha value is -10.6. The summed E-state index contributed by atoms with van der Waals surface area (Å²) in [4.78, 5) is 164. The number of carboxylic acids is 1. The number of aliphatic carboxylic acids is 1. The van der Waals surface area contributed by atoms with Crippen molar-refractivity contribution in [2.24, 2.45) is 82.5 Å². The Labute approximate surface area is 885 Å². The molecular weight excluding hydrogens is 1970 g/mol. The highest BCUT2D eigenvalue weighted by Crippen LogP contribution is 2.39. The van der Waals surface area contributed by atoms with Crippen molar-refractivity contribution in [1.82, 2.24) is 34.4 Å². The molecule has 9 amide bonds. The van der Waals surface area contributed by atoms with E-state index >= 15 is 0 Å². The maximum absolute atomic E-state index is 14.1. The zero-order chi connectivity index (χ0) is 112. The Morgan fingerprint density at radius 2 is 0.584 bits per heavy atom. The summed E-state index contributed by atoms with van der Waals surface area (Å²) in [5.74, 6) is -10.4. The van der Waals surface area contributed by atoms with Crippen LogP contribution in [0.2, 0.25) is 0 Å². The molecule has 4 heterocycles. The van der Waals surface area contributed by atoms with Gasteiger partial charge in [-0.25, -0.2) is 21.6 Å². The van der Waals surface area contributed by atoms with Gasteiger partial charge in [-0.15, -0.1) is 0 Å². The molecule has 3 unspecified atom stereocenters. The number of nitrogens with zero attached hydrogens (tertiary/aromatic N) is 4. The Bertz CT molecular complexity index is 5380. The predicted molar refractivity (Wildman–Crippen MR) is 570 cm³/mol. The third-order valence-electron chi connectivity index (χ3n) is 25.5. The smallest absolute Gasteiger partial charge is 0.326 e. The summed E-state index contributed by atoms with van der Waals surface area (Å²) in [5, 5.41) is 15.6. The molecule has 16 atom stereocenters. The molecule has 0 bridgehead atoms. The fourth-order valence-corrected chi connectivity index (χ4v) is 20.1. The zero-order valence-corrected chi connectivity index (χ0v) is 93.9. The van der Waals surface area contributed by atoms with Gasteiger partial charge in [0.2, 0.25) is 61.4 Å². The van der Waals surface area contributed by atoms with Gasteiger partial charge < -0.3 is 69.9 Å². The van der Waals surface area contributed by atoms with E-state index in [1.54, 1.807) is 25.7 Å². The number of carbonyl (C=O) groups excluding carboxylic acids is 11. The van der Waals surface area contributed by atoms with Gasteiger partial charge in [0.1, 0.15) is 35.4 Å². The fraction of sp³-hybridized carbons (Fsp3) is 0.622. The van der Waals surface area contributed by atoms with Crippen molar-refractivity contribution in [3.63, 3.8) is 0 Å². The maximum atomic E-state index is 14.1. The monoisotopic (exact) mass is 2140 g/mol. The minimum absolute atomic E-state index is 0.0989. The summed E-state index contributed by atoms with van der Waals surface area (Å²) in [7, 11) is -10.6. The van der Waals surface area contributed by atoms with Crippen molar-refractivity contribution >= 4 is 101 Å². The van der Waals surface area contributed by atoms with E-state index in [1.807, 2.05) is 265 Å². The van der Waals surface area contributed by atoms with Crippen molar-refractivity contribution in [1.29, 1.82) is 0 Å². The Morgan fingerprint density at radius 1 is 0.362 bits per heavy atom. The van der Waals surface area contributed by atoms with Gasteiger partial charge in [0, 0.05) is 82.1 Å².